The number of carboxylic acids is 2. The summed E-state index contributed by atoms with van der Waals surface area (Å²) < 4.78 is 0. The van der Waals surface area contributed by atoms with E-state index in [9.17, 15) is 19.8 Å². The summed E-state index contributed by atoms with van der Waals surface area (Å²) in [6.45, 7) is -1.49. The minimum absolute atomic E-state index is 0. The number of rotatable bonds is 10. The van der Waals surface area contributed by atoms with Crippen LogP contribution in [0.4, 0.5) is 0 Å². The molecule has 25 heavy (non-hydrogen) atoms. The fourth-order valence-electron chi connectivity index (χ4n) is 1.31. The van der Waals surface area contributed by atoms with Crippen LogP contribution >= 0.6 is 0 Å². The molecule has 0 bridgehead atoms. The molecule has 12 nitrogen and oxygen atoms in total. The Labute approximate surface area is 172 Å². The van der Waals surface area contributed by atoms with Crippen LogP contribution in [0.15, 0.2) is 0 Å². The first-order valence-electron chi connectivity index (χ1n) is 6.67. The van der Waals surface area contributed by atoms with Gasteiger partial charge in [0, 0.05) is 24.8 Å². The van der Waals surface area contributed by atoms with Crippen LogP contribution in [-0.2, 0) is 9.59 Å². The van der Waals surface area contributed by atoms with Gasteiger partial charge in [-0.05, 0) is 0 Å². The van der Waals surface area contributed by atoms with Gasteiger partial charge in [0.25, 0.3) is 0 Å². The van der Waals surface area contributed by atoms with Gasteiger partial charge in [-0.1, -0.05) is 0 Å². The van der Waals surface area contributed by atoms with Crippen LogP contribution in [0.25, 0.3) is 0 Å². The summed E-state index contributed by atoms with van der Waals surface area (Å²) in [5.41, 5.74) is 0. The molecule has 0 amide bonds. The van der Waals surface area contributed by atoms with Crippen molar-refractivity contribution in [3.05, 3.63) is 0 Å². The Morgan fingerprint density at radius 2 is 0.880 bits per heavy atom. The first kappa shape index (κ1) is 29.6. The monoisotopic (exact) mass is 398 g/mol. The largest absolute Gasteiger partial charge is 2.00 e. The number of aliphatic carboxylic acids is 2. The Bertz CT molecular complexity index is 334. The molecule has 0 saturated carbocycles. The minimum atomic E-state index is -1.67. The Kier molecular flexibility index (Phi) is 19.1. The fourth-order valence-corrected chi connectivity index (χ4v) is 1.31. The Morgan fingerprint density at radius 1 is 0.640 bits per heavy atom. The van der Waals surface area contributed by atoms with Crippen molar-refractivity contribution >= 4 is 49.7 Å². The van der Waals surface area contributed by atoms with Crippen molar-refractivity contribution in [2.45, 2.75) is 49.5 Å². The molecule has 0 aromatic heterocycles. The van der Waals surface area contributed by atoms with Crippen LogP contribution in [0.3, 0.4) is 0 Å². The number of carbonyl (C=O) groups is 2. The summed E-state index contributed by atoms with van der Waals surface area (Å²) in [6.07, 6.45) is -11.2. The zero-order valence-corrected chi connectivity index (χ0v) is 15.4. The van der Waals surface area contributed by atoms with Crippen molar-refractivity contribution in [1.82, 2.24) is 0 Å². The van der Waals surface area contributed by atoms with Gasteiger partial charge in [-0.3, -0.25) is 0 Å². The van der Waals surface area contributed by atoms with Gasteiger partial charge in [0.15, 0.2) is 0 Å². The van der Waals surface area contributed by atoms with Crippen molar-refractivity contribution in [2.24, 2.45) is 0 Å². The van der Waals surface area contributed by atoms with Crippen molar-refractivity contribution < 1.29 is 60.7 Å². The molecule has 0 rings (SSSR count). The van der Waals surface area contributed by atoms with Crippen molar-refractivity contribution in [1.29, 1.82) is 0 Å². The maximum Gasteiger partial charge on any atom is 2.00 e. The van der Waals surface area contributed by atoms with Crippen molar-refractivity contribution in [3.63, 3.8) is 0 Å². The van der Waals surface area contributed by atoms with E-state index in [0.717, 1.165) is 0 Å². The Morgan fingerprint density at radius 3 is 1.04 bits per heavy atom. The van der Waals surface area contributed by atoms with E-state index in [1.807, 2.05) is 0 Å². The standard InChI is InChI=1S/2C6H12O6.Ca/c2*7-2-4(9)6(12)3(8)1-5(10)11;/h2*3-4,6-9,12H,1-2H2,(H,10,11);/q;;+2/p-2/t2*3-,4-,6+;/m11./s1. The molecule has 0 aliphatic carbocycles. The smallest absolute Gasteiger partial charge is 0.550 e. The van der Waals surface area contributed by atoms with Crippen LogP contribution < -0.4 is 10.2 Å². The van der Waals surface area contributed by atoms with E-state index in [1.165, 1.54) is 0 Å². The molecule has 0 aromatic rings. The molecule has 6 atom stereocenters. The van der Waals surface area contributed by atoms with E-state index in [1.54, 1.807) is 0 Å². The third-order valence-electron chi connectivity index (χ3n) is 2.70. The molecule has 0 spiro atoms. The first-order chi connectivity index (χ1) is 11.0. The van der Waals surface area contributed by atoms with Gasteiger partial charge in [0.1, 0.15) is 24.4 Å². The van der Waals surface area contributed by atoms with Gasteiger partial charge in [-0.15, -0.1) is 0 Å². The van der Waals surface area contributed by atoms with E-state index < -0.39 is 74.6 Å². The van der Waals surface area contributed by atoms with Crippen molar-refractivity contribution in [3.8, 4) is 0 Å². The molecule has 0 aromatic carbocycles. The Balaban J connectivity index is -0.000000372. The zero-order chi connectivity index (χ0) is 19.4. The van der Waals surface area contributed by atoms with Crippen LogP contribution in [-0.4, -0.2) is 140 Å². The summed E-state index contributed by atoms with van der Waals surface area (Å²) in [5, 5.41) is 89.3. The SMILES string of the molecule is O=C([O-])C[C@@H](O)[C@H](O)[C@H](O)CO.O=C([O-])C[C@@H](O)[C@H](O)[C@H](O)CO.[Ca+2]. The molecule has 0 unspecified atom stereocenters. The molecular weight excluding hydrogens is 376 g/mol. The molecular formula is C12H22CaO12. The predicted octanol–water partition coefficient (Wildman–Crippen LogP) is -7.98. The van der Waals surface area contributed by atoms with Crippen molar-refractivity contribution in [2.75, 3.05) is 13.2 Å². The number of aliphatic hydroxyl groups is 8. The van der Waals surface area contributed by atoms with Gasteiger partial charge >= 0.3 is 37.7 Å². The fraction of sp³-hybridized carbons (Fsp3) is 0.833. The van der Waals surface area contributed by atoms with Crippen LogP contribution in [0.1, 0.15) is 12.8 Å². The van der Waals surface area contributed by atoms with Gasteiger partial charge in [0.2, 0.25) is 0 Å². The molecule has 0 aliphatic heterocycles. The van der Waals surface area contributed by atoms with E-state index in [4.69, 9.17) is 40.9 Å². The van der Waals surface area contributed by atoms with E-state index >= 15 is 0 Å². The topological polar surface area (TPSA) is 242 Å². The second kappa shape index (κ2) is 16.1. The second-order valence-electron chi connectivity index (χ2n) is 4.77. The number of aliphatic hydroxyl groups excluding tert-OH is 8. The minimum Gasteiger partial charge on any atom is -0.550 e. The van der Waals surface area contributed by atoms with E-state index in [-0.39, 0.29) is 37.7 Å². The average Bonchev–Trinajstić information content (AvgIpc) is 2.50. The van der Waals surface area contributed by atoms with Crippen LogP contribution in [0.2, 0.25) is 0 Å². The number of carbonyl (C=O) groups excluding carboxylic acids is 2. The van der Waals surface area contributed by atoms with E-state index in [0.29, 0.717) is 0 Å². The van der Waals surface area contributed by atoms with Gasteiger partial charge in [-0.2, -0.15) is 0 Å². The molecule has 0 aliphatic rings. The molecule has 0 heterocycles. The van der Waals surface area contributed by atoms with E-state index in [2.05, 4.69) is 0 Å². The third kappa shape index (κ3) is 14.7. The van der Waals surface area contributed by atoms with Gasteiger partial charge in [0.05, 0.1) is 25.4 Å². The number of hydrogen-bond donors (Lipinski definition) is 8. The molecule has 13 heteroatoms. The normalized spacial score (nSPS) is 17.6. The van der Waals surface area contributed by atoms with Crippen LogP contribution in [0.5, 0.6) is 0 Å². The Hall–Kier alpha value is -0.120. The molecule has 144 valence electrons. The predicted molar refractivity (Wildman–Crippen MR) is 75.2 cm³/mol. The number of hydrogen-bond acceptors (Lipinski definition) is 12. The second-order valence-corrected chi connectivity index (χ2v) is 4.77. The summed E-state index contributed by atoms with van der Waals surface area (Å²) >= 11 is 0. The number of carboxylic acid groups (broad SMARTS) is 2. The zero-order valence-electron chi connectivity index (χ0n) is 13.2. The third-order valence-corrected chi connectivity index (χ3v) is 2.70. The van der Waals surface area contributed by atoms with Gasteiger partial charge < -0.3 is 60.7 Å². The first-order valence-corrected chi connectivity index (χ1v) is 6.67. The summed E-state index contributed by atoms with van der Waals surface area (Å²) in [6, 6.07) is 0. The maximum absolute atomic E-state index is 9.90. The molecule has 8 N–H and O–H groups in total. The summed E-state index contributed by atoms with van der Waals surface area (Å²) in [7, 11) is 0. The quantitative estimate of drug-likeness (QED) is 0.160. The molecule has 0 saturated heterocycles. The van der Waals surface area contributed by atoms with Gasteiger partial charge in [-0.25, -0.2) is 0 Å². The maximum atomic E-state index is 9.90. The average molecular weight is 398 g/mol. The summed E-state index contributed by atoms with van der Waals surface area (Å²) in [5.74, 6) is -3.07. The molecule has 0 radical (unpaired) electrons. The molecule has 0 fully saturated rings. The summed E-state index contributed by atoms with van der Waals surface area (Å²) in [4.78, 5) is 19.8. The van der Waals surface area contributed by atoms with Crippen LogP contribution in [0, 0.1) is 0 Å².